The van der Waals surface area contributed by atoms with Crippen LogP contribution in [0.3, 0.4) is 0 Å². The van der Waals surface area contributed by atoms with E-state index >= 15 is 0 Å². The fourth-order valence-electron chi connectivity index (χ4n) is 4.40. The van der Waals surface area contributed by atoms with Gasteiger partial charge < -0.3 is 11.1 Å². The van der Waals surface area contributed by atoms with Gasteiger partial charge in [-0.25, -0.2) is 0 Å². The third-order valence-electron chi connectivity index (χ3n) is 6.22. The first-order valence-corrected chi connectivity index (χ1v) is 11.9. The van der Waals surface area contributed by atoms with Gasteiger partial charge in [-0.15, -0.1) is 11.3 Å². The Morgan fingerprint density at radius 1 is 1.12 bits per heavy atom. The van der Waals surface area contributed by atoms with E-state index in [0.717, 1.165) is 35.6 Å². The van der Waals surface area contributed by atoms with Crippen molar-refractivity contribution >= 4 is 56.3 Å². The standard InChI is InChI=1S/C25H27N3O2S2/c1-25(2,3)15-11-12-18-19(13-15)32-23(20(18)21(26)29)28-24(31)27-22(30)17-10-6-8-14-7-4-5-9-16(14)17/h4-10,15H,11-13H2,1-3H3,(H2,26,29)(H2,27,28,30,31)/t15-/m1/s1. The Labute approximate surface area is 197 Å². The summed E-state index contributed by atoms with van der Waals surface area (Å²) in [5.41, 5.74) is 7.99. The number of hydrogen-bond acceptors (Lipinski definition) is 4. The molecule has 5 nitrogen and oxygen atoms in total. The molecule has 0 aliphatic heterocycles. The number of carbonyl (C=O) groups is 2. The van der Waals surface area contributed by atoms with Gasteiger partial charge in [0, 0.05) is 10.4 Å². The maximum Gasteiger partial charge on any atom is 0.258 e. The molecule has 0 unspecified atom stereocenters. The topological polar surface area (TPSA) is 84.2 Å². The predicted molar refractivity (Wildman–Crippen MR) is 135 cm³/mol. The maximum absolute atomic E-state index is 12.9. The average Bonchev–Trinajstić information content (AvgIpc) is 3.09. The molecule has 2 aromatic carbocycles. The van der Waals surface area contributed by atoms with E-state index in [1.54, 1.807) is 6.07 Å². The van der Waals surface area contributed by atoms with Crippen LogP contribution < -0.4 is 16.4 Å². The Kier molecular flexibility index (Phi) is 6.05. The molecule has 0 fully saturated rings. The lowest BCUT2D eigenvalue weighted by molar-refractivity contribution is 0.0977. The molecule has 0 saturated carbocycles. The molecule has 32 heavy (non-hydrogen) atoms. The van der Waals surface area contributed by atoms with Crippen LogP contribution in [0.2, 0.25) is 0 Å². The quantitative estimate of drug-likeness (QED) is 0.460. The Morgan fingerprint density at radius 2 is 1.84 bits per heavy atom. The van der Waals surface area contributed by atoms with Crippen LogP contribution in [0.15, 0.2) is 42.5 Å². The van der Waals surface area contributed by atoms with Crippen molar-refractivity contribution < 1.29 is 9.59 Å². The van der Waals surface area contributed by atoms with E-state index in [4.69, 9.17) is 18.0 Å². The molecule has 4 rings (SSSR count). The van der Waals surface area contributed by atoms with E-state index < -0.39 is 5.91 Å². The van der Waals surface area contributed by atoms with Crippen LogP contribution in [0.5, 0.6) is 0 Å². The summed E-state index contributed by atoms with van der Waals surface area (Å²) in [6, 6.07) is 13.3. The Morgan fingerprint density at radius 3 is 2.56 bits per heavy atom. The van der Waals surface area contributed by atoms with Gasteiger partial charge in [0.05, 0.1) is 5.56 Å². The smallest absolute Gasteiger partial charge is 0.258 e. The lowest BCUT2D eigenvalue weighted by atomic mass is 9.72. The molecule has 0 saturated heterocycles. The lowest BCUT2D eigenvalue weighted by Crippen LogP contribution is -2.34. The zero-order chi connectivity index (χ0) is 23.0. The van der Waals surface area contributed by atoms with Gasteiger partial charge in [-0.2, -0.15) is 0 Å². The minimum atomic E-state index is -0.470. The molecular formula is C25H27N3O2S2. The Bertz CT molecular complexity index is 1220. The zero-order valence-corrected chi connectivity index (χ0v) is 20.1. The predicted octanol–water partition coefficient (Wildman–Crippen LogP) is 5.28. The van der Waals surface area contributed by atoms with Gasteiger partial charge in [0.25, 0.3) is 11.8 Å². The number of anilines is 1. The largest absolute Gasteiger partial charge is 0.365 e. The minimum absolute atomic E-state index is 0.149. The molecule has 0 radical (unpaired) electrons. The van der Waals surface area contributed by atoms with Crippen LogP contribution in [-0.4, -0.2) is 16.9 Å². The van der Waals surface area contributed by atoms with E-state index in [0.29, 0.717) is 22.0 Å². The van der Waals surface area contributed by atoms with E-state index in [9.17, 15) is 9.59 Å². The first kappa shape index (κ1) is 22.4. The summed E-state index contributed by atoms with van der Waals surface area (Å²) >= 11 is 6.93. The number of hydrogen-bond donors (Lipinski definition) is 3. The summed E-state index contributed by atoms with van der Waals surface area (Å²) < 4.78 is 0. The van der Waals surface area contributed by atoms with Crippen LogP contribution in [0, 0.1) is 11.3 Å². The summed E-state index contributed by atoms with van der Waals surface area (Å²) in [5, 5.41) is 8.42. The molecule has 166 valence electrons. The van der Waals surface area contributed by atoms with Crippen molar-refractivity contribution in [3.63, 3.8) is 0 Å². The Hall–Kier alpha value is -2.77. The molecule has 1 aliphatic carbocycles. The van der Waals surface area contributed by atoms with E-state index in [2.05, 4.69) is 31.4 Å². The fraction of sp³-hybridized carbons (Fsp3) is 0.320. The Balaban J connectivity index is 1.55. The van der Waals surface area contributed by atoms with Crippen LogP contribution in [0.1, 0.15) is 58.3 Å². The van der Waals surface area contributed by atoms with Crippen molar-refractivity contribution in [2.45, 2.75) is 40.0 Å². The summed E-state index contributed by atoms with van der Waals surface area (Å²) in [4.78, 5) is 26.3. The second-order valence-electron chi connectivity index (χ2n) is 9.31. The highest BCUT2D eigenvalue weighted by Crippen LogP contribution is 2.44. The number of thiocarbonyl (C=S) groups is 1. The fourth-order valence-corrected chi connectivity index (χ4v) is 6.00. The molecule has 1 heterocycles. The van der Waals surface area contributed by atoms with Crippen LogP contribution >= 0.6 is 23.6 Å². The third-order valence-corrected chi connectivity index (χ3v) is 7.60. The van der Waals surface area contributed by atoms with E-state index in [1.807, 2.05) is 36.4 Å². The molecular weight excluding hydrogens is 438 g/mol. The first-order chi connectivity index (χ1) is 15.1. The van der Waals surface area contributed by atoms with Gasteiger partial charge in [-0.05, 0) is 65.2 Å². The second-order valence-corrected chi connectivity index (χ2v) is 10.8. The van der Waals surface area contributed by atoms with E-state index in [1.165, 1.54) is 16.2 Å². The summed E-state index contributed by atoms with van der Waals surface area (Å²) in [5.74, 6) is -0.225. The number of fused-ring (bicyclic) bond motifs is 2. The van der Waals surface area contributed by atoms with Crippen molar-refractivity contribution in [1.82, 2.24) is 5.32 Å². The number of thiophene rings is 1. The van der Waals surface area contributed by atoms with E-state index in [-0.39, 0.29) is 16.4 Å². The van der Waals surface area contributed by atoms with Crippen molar-refractivity contribution in [3.05, 3.63) is 64.0 Å². The molecule has 7 heteroatoms. The van der Waals surface area contributed by atoms with Crippen molar-refractivity contribution in [3.8, 4) is 0 Å². The average molecular weight is 466 g/mol. The highest BCUT2D eigenvalue weighted by molar-refractivity contribution is 7.80. The SMILES string of the molecule is CC(C)(C)[C@@H]1CCc2c(sc(NC(=S)NC(=O)c3cccc4ccccc34)c2C(N)=O)C1. The minimum Gasteiger partial charge on any atom is -0.365 e. The third kappa shape index (κ3) is 4.40. The van der Waals surface area contributed by atoms with Crippen molar-refractivity contribution in [2.75, 3.05) is 5.32 Å². The van der Waals surface area contributed by atoms with Crippen molar-refractivity contribution in [1.29, 1.82) is 0 Å². The van der Waals surface area contributed by atoms with Gasteiger partial charge in [0.2, 0.25) is 0 Å². The van der Waals surface area contributed by atoms with Crippen LogP contribution in [-0.2, 0) is 12.8 Å². The summed E-state index contributed by atoms with van der Waals surface area (Å²) in [7, 11) is 0. The molecule has 3 aromatic rings. The molecule has 1 aliphatic rings. The number of carbonyl (C=O) groups excluding carboxylic acids is 2. The molecule has 4 N–H and O–H groups in total. The summed E-state index contributed by atoms with van der Waals surface area (Å²) in [6.45, 7) is 6.76. The number of nitrogens with two attached hydrogens (primary N) is 1. The number of nitrogens with one attached hydrogen (secondary N) is 2. The zero-order valence-electron chi connectivity index (χ0n) is 18.5. The number of rotatable bonds is 3. The van der Waals surface area contributed by atoms with Gasteiger partial charge in [0.1, 0.15) is 5.00 Å². The van der Waals surface area contributed by atoms with Gasteiger partial charge in [-0.3, -0.25) is 14.9 Å². The normalized spacial score (nSPS) is 15.8. The van der Waals surface area contributed by atoms with Crippen LogP contribution in [0.4, 0.5) is 5.00 Å². The van der Waals surface area contributed by atoms with Gasteiger partial charge in [-0.1, -0.05) is 57.2 Å². The molecule has 2 amide bonds. The van der Waals surface area contributed by atoms with Gasteiger partial charge in [0.15, 0.2) is 5.11 Å². The maximum atomic E-state index is 12.9. The second kappa shape index (κ2) is 8.64. The van der Waals surface area contributed by atoms with Crippen LogP contribution in [0.25, 0.3) is 10.8 Å². The highest BCUT2D eigenvalue weighted by Gasteiger charge is 2.33. The van der Waals surface area contributed by atoms with Crippen molar-refractivity contribution in [2.24, 2.45) is 17.1 Å². The van der Waals surface area contributed by atoms with Gasteiger partial charge >= 0.3 is 0 Å². The highest BCUT2D eigenvalue weighted by atomic mass is 32.1. The molecule has 1 atom stereocenters. The molecule has 0 bridgehead atoms. The molecule has 1 aromatic heterocycles. The first-order valence-electron chi connectivity index (χ1n) is 10.7. The summed E-state index contributed by atoms with van der Waals surface area (Å²) in [6.07, 6.45) is 2.76. The monoisotopic (exact) mass is 465 g/mol. The number of benzene rings is 2. The molecule has 0 spiro atoms. The number of primary amides is 1. The lowest BCUT2D eigenvalue weighted by Gasteiger charge is -2.33. The number of amides is 2.